The fourth-order valence-corrected chi connectivity index (χ4v) is 4.78. The van der Waals surface area contributed by atoms with Crippen LogP contribution in [0.4, 0.5) is 5.69 Å². The lowest BCUT2D eigenvalue weighted by Gasteiger charge is -2.24. The molecular formula is C24H21N3O5S. The molecule has 0 radical (unpaired) electrons. The number of carbonyl (C=O) groups excluding carboxylic acids is 1. The van der Waals surface area contributed by atoms with Crippen molar-refractivity contribution in [3.63, 3.8) is 0 Å². The fraction of sp³-hybridized carbons (Fsp3) is 0.208. The summed E-state index contributed by atoms with van der Waals surface area (Å²) in [7, 11) is 0. The van der Waals surface area contributed by atoms with Gasteiger partial charge in [0.1, 0.15) is 0 Å². The minimum absolute atomic E-state index is 0.132. The molecule has 9 heteroatoms. The highest BCUT2D eigenvalue weighted by atomic mass is 32.1. The van der Waals surface area contributed by atoms with E-state index in [1.54, 1.807) is 26.0 Å². The highest BCUT2D eigenvalue weighted by molar-refractivity contribution is 7.07. The summed E-state index contributed by atoms with van der Waals surface area (Å²) in [5.41, 5.74) is 2.54. The lowest BCUT2D eigenvalue weighted by Crippen LogP contribution is -2.39. The fourth-order valence-electron chi connectivity index (χ4n) is 3.73. The van der Waals surface area contributed by atoms with Crippen molar-refractivity contribution in [1.82, 2.24) is 4.57 Å². The first-order valence-electron chi connectivity index (χ1n) is 10.3. The van der Waals surface area contributed by atoms with Crippen LogP contribution in [0, 0.1) is 17.0 Å². The van der Waals surface area contributed by atoms with Crippen molar-refractivity contribution in [2.24, 2.45) is 4.99 Å². The predicted molar refractivity (Wildman–Crippen MR) is 125 cm³/mol. The number of fused-ring (bicyclic) bond motifs is 1. The summed E-state index contributed by atoms with van der Waals surface area (Å²) in [5, 5.41) is 11.4. The molecule has 1 aliphatic heterocycles. The number of esters is 1. The van der Waals surface area contributed by atoms with Gasteiger partial charge in [0.25, 0.3) is 11.2 Å². The van der Waals surface area contributed by atoms with Gasteiger partial charge in [0.2, 0.25) is 0 Å². The molecule has 1 atom stereocenters. The van der Waals surface area contributed by atoms with Gasteiger partial charge < -0.3 is 4.74 Å². The minimum atomic E-state index is -0.889. The molecule has 0 saturated carbocycles. The Kier molecular flexibility index (Phi) is 6.06. The number of rotatable bonds is 5. The Bertz CT molecular complexity index is 1460. The Morgan fingerprint density at radius 1 is 1.24 bits per heavy atom. The van der Waals surface area contributed by atoms with E-state index in [1.807, 2.05) is 31.2 Å². The third-order valence-corrected chi connectivity index (χ3v) is 6.27. The van der Waals surface area contributed by atoms with Crippen molar-refractivity contribution >= 4 is 29.1 Å². The summed E-state index contributed by atoms with van der Waals surface area (Å²) < 4.78 is 7.11. The maximum atomic E-state index is 13.5. The Balaban J connectivity index is 1.97. The second-order valence-electron chi connectivity index (χ2n) is 7.57. The maximum Gasteiger partial charge on any atom is 0.338 e. The quantitative estimate of drug-likeness (QED) is 0.329. The van der Waals surface area contributed by atoms with Gasteiger partial charge >= 0.3 is 5.97 Å². The average Bonchev–Trinajstić information content (AvgIpc) is 3.09. The number of ether oxygens (including phenoxy) is 1. The zero-order valence-electron chi connectivity index (χ0n) is 18.3. The van der Waals surface area contributed by atoms with Gasteiger partial charge in [-0.05, 0) is 38.0 Å². The topological polar surface area (TPSA) is 104 Å². The molecule has 0 fully saturated rings. The molecule has 4 rings (SSSR count). The Labute approximate surface area is 192 Å². The number of nitro groups is 1. The van der Waals surface area contributed by atoms with Crippen LogP contribution in [-0.2, 0) is 9.53 Å². The van der Waals surface area contributed by atoms with E-state index in [2.05, 4.69) is 4.99 Å². The second kappa shape index (κ2) is 8.95. The molecular weight excluding hydrogens is 442 g/mol. The van der Waals surface area contributed by atoms with E-state index in [1.165, 1.54) is 34.1 Å². The lowest BCUT2D eigenvalue weighted by molar-refractivity contribution is -0.384. The van der Waals surface area contributed by atoms with Gasteiger partial charge in [-0.15, -0.1) is 0 Å². The van der Waals surface area contributed by atoms with E-state index < -0.39 is 16.9 Å². The number of hydrogen-bond acceptors (Lipinski definition) is 7. The van der Waals surface area contributed by atoms with Crippen molar-refractivity contribution < 1.29 is 14.5 Å². The molecule has 0 saturated heterocycles. The van der Waals surface area contributed by atoms with Crippen LogP contribution >= 0.6 is 11.3 Å². The third-order valence-electron chi connectivity index (χ3n) is 5.29. The molecule has 0 bridgehead atoms. The average molecular weight is 464 g/mol. The number of thiazole rings is 1. The molecule has 168 valence electrons. The largest absolute Gasteiger partial charge is 0.463 e. The highest BCUT2D eigenvalue weighted by Crippen LogP contribution is 2.32. The summed E-state index contributed by atoms with van der Waals surface area (Å²) in [6, 6.07) is 12.8. The maximum absolute atomic E-state index is 13.5. The van der Waals surface area contributed by atoms with Gasteiger partial charge in [-0.1, -0.05) is 53.3 Å². The van der Waals surface area contributed by atoms with Crippen LogP contribution in [-0.4, -0.2) is 22.1 Å². The first-order valence-corrected chi connectivity index (χ1v) is 11.1. The predicted octanol–water partition coefficient (Wildman–Crippen LogP) is 3.01. The summed E-state index contributed by atoms with van der Waals surface area (Å²) in [5.74, 6) is -0.608. The number of aromatic nitrogens is 1. The molecule has 2 aromatic carbocycles. The first-order chi connectivity index (χ1) is 15.8. The van der Waals surface area contributed by atoms with Crippen LogP contribution in [0.2, 0.25) is 0 Å². The number of non-ortho nitro benzene ring substituents is 1. The number of benzene rings is 2. The molecule has 3 aromatic rings. The number of nitrogens with zero attached hydrogens (tertiary/aromatic N) is 3. The Morgan fingerprint density at radius 3 is 2.64 bits per heavy atom. The van der Waals surface area contributed by atoms with Crippen molar-refractivity contribution in [2.75, 3.05) is 6.61 Å². The molecule has 0 N–H and O–H groups in total. The van der Waals surface area contributed by atoms with Crippen LogP contribution in [0.1, 0.15) is 36.6 Å². The van der Waals surface area contributed by atoms with Crippen molar-refractivity contribution in [3.8, 4) is 0 Å². The molecule has 1 aromatic heterocycles. The van der Waals surface area contributed by atoms with Gasteiger partial charge in [-0.25, -0.2) is 9.79 Å². The van der Waals surface area contributed by atoms with Gasteiger partial charge in [0.05, 0.1) is 33.4 Å². The van der Waals surface area contributed by atoms with E-state index >= 15 is 0 Å². The van der Waals surface area contributed by atoms with E-state index in [-0.39, 0.29) is 23.4 Å². The summed E-state index contributed by atoms with van der Waals surface area (Å²) in [6.07, 6.45) is 1.77. The van der Waals surface area contributed by atoms with Crippen molar-refractivity contribution in [1.29, 1.82) is 0 Å². The molecule has 0 aliphatic carbocycles. The number of carbonyl (C=O) groups is 1. The van der Waals surface area contributed by atoms with Crippen molar-refractivity contribution in [2.45, 2.75) is 26.8 Å². The lowest BCUT2D eigenvalue weighted by atomic mass is 9.95. The molecule has 0 spiro atoms. The van der Waals surface area contributed by atoms with E-state index in [0.29, 0.717) is 20.6 Å². The molecule has 0 amide bonds. The normalized spacial score (nSPS) is 15.7. The number of hydrogen-bond donors (Lipinski definition) is 0. The smallest absolute Gasteiger partial charge is 0.338 e. The van der Waals surface area contributed by atoms with Gasteiger partial charge in [0.15, 0.2) is 4.80 Å². The molecule has 33 heavy (non-hydrogen) atoms. The van der Waals surface area contributed by atoms with Gasteiger partial charge in [-0.3, -0.25) is 19.5 Å². The number of allylic oxidation sites excluding steroid dienone is 1. The molecule has 0 unspecified atom stereocenters. The number of nitro benzene ring substituents is 1. The van der Waals surface area contributed by atoms with E-state index in [4.69, 9.17) is 4.74 Å². The highest BCUT2D eigenvalue weighted by Gasteiger charge is 2.34. The number of aryl methyl sites for hydroxylation is 1. The zero-order chi connectivity index (χ0) is 23.7. The molecule has 1 aliphatic rings. The molecule has 2 heterocycles. The second-order valence-corrected chi connectivity index (χ2v) is 8.57. The SMILES string of the molecule is CCOC(=O)C1=C(C)N=c2sc(=Cc3ccc(C)cc3)c(=O)n2[C@H]1c1cccc([N+](=O)[O-])c1. The van der Waals surface area contributed by atoms with Gasteiger partial charge in [0, 0.05) is 12.1 Å². The standard InChI is InChI=1S/C24H21N3O5S/c1-4-32-23(29)20-15(3)25-24-26(21(20)17-6-5-7-18(13-17)27(30)31)22(28)19(33-24)12-16-10-8-14(2)9-11-16/h5-13,21H,4H2,1-3H3/t21-/m0/s1. The van der Waals surface area contributed by atoms with E-state index in [0.717, 1.165) is 11.1 Å². The Hall–Kier alpha value is -3.85. The van der Waals surface area contributed by atoms with Crippen molar-refractivity contribution in [3.05, 3.63) is 106 Å². The van der Waals surface area contributed by atoms with Crippen LogP contribution < -0.4 is 14.9 Å². The third kappa shape index (κ3) is 4.27. The molecule has 8 nitrogen and oxygen atoms in total. The summed E-state index contributed by atoms with van der Waals surface area (Å²) >= 11 is 1.21. The summed E-state index contributed by atoms with van der Waals surface area (Å²) in [4.78, 5) is 42.2. The monoisotopic (exact) mass is 463 g/mol. The van der Waals surface area contributed by atoms with E-state index in [9.17, 15) is 19.7 Å². The first kappa shape index (κ1) is 22.3. The van der Waals surface area contributed by atoms with Crippen LogP contribution in [0.25, 0.3) is 6.08 Å². The van der Waals surface area contributed by atoms with Crippen LogP contribution in [0.5, 0.6) is 0 Å². The zero-order valence-corrected chi connectivity index (χ0v) is 19.1. The van der Waals surface area contributed by atoms with Crippen LogP contribution in [0.3, 0.4) is 0 Å². The Morgan fingerprint density at radius 2 is 1.97 bits per heavy atom. The van der Waals surface area contributed by atoms with Gasteiger partial charge in [-0.2, -0.15) is 0 Å². The summed E-state index contributed by atoms with van der Waals surface area (Å²) in [6.45, 7) is 5.49. The minimum Gasteiger partial charge on any atom is -0.463 e. The van der Waals surface area contributed by atoms with Crippen LogP contribution in [0.15, 0.2) is 69.6 Å².